The maximum Gasteiger partial charge on any atom is 0.343 e. The molecule has 0 spiro atoms. The lowest BCUT2D eigenvalue weighted by Crippen LogP contribution is -2.41. The molecule has 4 aliphatic rings. The largest absolute Gasteiger partial charge is 0.423 e. The molecule has 2 amide bonds. The van der Waals surface area contributed by atoms with Crippen molar-refractivity contribution in [2.24, 2.45) is 11.8 Å². The molecule has 0 unspecified atom stereocenters. The number of rotatable bonds is 4. The Kier molecular flexibility index (Phi) is 5.47. The Morgan fingerprint density at radius 1 is 0.548 bits per heavy atom. The minimum atomic E-state index is -0.555. The summed E-state index contributed by atoms with van der Waals surface area (Å²) in [6.07, 6.45) is 0. The van der Waals surface area contributed by atoms with Crippen LogP contribution in [-0.4, -0.2) is 17.8 Å². The predicted octanol–water partition coefficient (Wildman–Crippen LogP) is 6.97. The van der Waals surface area contributed by atoms with Gasteiger partial charge in [0.2, 0.25) is 11.8 Å². The lowest BCUT2D eigenvalue weighted by atomic mass is 9.55. The Balaban J connectivity index is 1.09. The third-order valence-electron chi connectivity index (χ3n) is 8.96. The van der Waals surface area contributed by atoms with Gasteiger partial charge in [0, 0.05) is 11.8 Å². The molecule has 1 saturated heterocycles. The first-order valence-electron chi connectivity index (χ1n) is 14.1. The van der Waals surface area contributed by atoms with Gasteiger partial charge in [0.15, 0.2) is 0 Å². The third-order valence-corrected chi connectivity index (χ3v) is 8.96. The topological polar surface area (TPSA) is 63.7 Å². The smallest absolute Gasteiger partial charge is 0.343 e. The molecular weight excluding hydrogens is 522 g/mol. The molecule has 5 aromatic carbocycles. The maximum atomic E-state index is 14.1. The number of hydrogen-bond acceptors (Lipinski definition) is 4. The molecular formula is C37H25NO4. The first kappa shape index (κ1) is 24.5. The van der Waals surface area contributed by atoms with Crippen LogP contribution in [0.3, 0.4) is 0 Å². The number of anilines is 1. The number of benzene rings is 5. The highest BCUT2D eigenvalue weighted by Gasteiger charge is 2.61. The lowest BCUT2D eigenvalue weighted by Gasteiger charge is -2.45. The fourth-order valence-electron chi connectivity index (χ4n) is 7.22. The summed E-state index contributed by atoms with van der Waals surface area (Å²) in [7, 11) is 0. The van der Waals surface area contributed by atoms with Gasteiger partial charge >= 0.3 is 5.97 Å². The second-order valence-electron chi connectivity index (χ2n) is 11.1. The van der Waals surface area contributed by atoms with E-state index < -0.39 is 17.8 Å². The van der Waals surface area contributed by atoms with Gasteiger partial charge in [-0.25, -0.2) is 9.69 Å². The number of imide groups is 1. The Hall–Kier alpha value is -5.29. The van der Waals surface area contributed by atoms with Crippen LogP contribution < -0.4 is 9.64 Å². The van der Waals surface area contributed by atoms with Gasteiger partial charge < -0.3 is 4.74 Å². The van der Waals surface area contributed by atoms with Crippen molar-refractivity contribution in [2.75, 3.05) is 4.90 Å². The van der Waals surface area contributed by atoms with Gasteiger partial charge in [0.05, 0.1) is 23.1 Å². The van der Waals surface area contributed by atoms with Crippen LogP contribution in [0, 0.1) is 11.8 Å². The molecule has 0 radical (unpaired) electrons. The van der Waals surface area contributed by atoms with Gasteiger partial charge in [-0.15, -0.1) is 0 Å². The van der Waals surface area contributed by atoms with E-state index in [0.29, 0.717) is 11.4 Å². The number of nitrogens with zero attached hydrogens (tertiary/aromatic N) is 1. The molecule has 0 saturated carbocycles. The summed E-state index contributed by atoms with van der Waals surface area (Å²) in [4.78, 5) is 42.6. The van der Waals surface area contributed by atoms with Gasteiger partial charge in [-0.2, -0.15) is 0 Å². The summed E-state index contributed by atoms with van der Waals surface area (Å²) < 4.78 is 5.66. The van der Waals surface area contributed by atoms with E-state index in [0.717, 1.165) is 33.4 Å². The highest BCUT2D eigenvalue weighted by molar-refractivity contribution is 6.23. The average molecular weight is 548 g/mol. The van der Waals surface area contributed by atoms with Crippen molar-refractivity contribution in [3.05, 3.63) is 155 Å². The van der Waals surface area contributed by atoms with E-state index in [1.54, 1.807) is 36.4 Å². The van der Waals surface area contributed by atoms with Crippen LogP contribution in [0.4, 0.5) is 5.69 Å². The number of carbonyl (C=O) groups is 3. The standard InChI is InChI=1S/C37H25NO4/c39-35-33-31-27-13-4-5-14-28(27)32(30-16-7-6-15-29(30)31)34(33)36(40)38(35)25-12-8-11-24(21-25)37(41)42-26-19-17-23(18-20-26)22-9-2-1-3-10-22/h1-21,31-34H/t31?,32?,33-,34-/m1/s1. The summed E-state index contributed by atoms with van der Waals surface area (Å²) in [5.74, 6) is -1.90. The highest BCUT2D eigenvalue weighted by atomic mass is 16.5. The van der Waals surface area contributed by atoms with Crippen LogP contribution in [0.25, 0.3) is 11.1 Å². The van der Waals surface area contributed by atoms with Gasteiger partial charge in [-0.3, -0.25) is 9.59 Å². The fraction of sp³-hybridized carbons (Fsp3) is 0.108. The van der Waals surface area contributed by atoms with Gasteiger partial charge in [-0.05, 0) is 63.7 Å². The summed E-state index contributed by atoms with van der Waals surface area (Å²) in [6.45, 7) is 0. The van der Waals surface area contributed by atoms with Crippen molar-refractivity contribution >= 4 is 23.5 Å². The first-order valence-corrected chi connectivity index (χ1v) is 14.1. The van der Waals surface area contributed by atoms with Crippen LogP contribution in [0.1, 0.15) is 44.4 Å². The van der Waals surface area contributed by atoms with E-state index in [4.69, 9.17) is 4.74 Å². The molecule has 9 rings (SSSR count). The zero-order chi connectivity index (χ0) is 28.4. The molecule has 5 aromatic rings. The van der Waals surface area contributed by atoms with Crippen molar-refractivity contribution < 1.29 is 19.1 Å². The van der Waals surface area contributed by atoms with E-state index in [1.807, 2.05) is 66.7 Å². The van der Waals surface area contributed by atoms with Crippen LogP contribution in [0.15, 0.2) is 127 Å². The molecule has 0 aromatic heterocycles. The van der Waals surface area contributed by atoms with Crippen molar-refractivity contribution in [3.8, 4) is 16.9 Å². The van der Waals surface area contributed by atoms with Crippen molar-refractivity contribution in [3.63, 3.8) is 0 Å². The minimum absolute atomic E-state index is 0.180. The monoisotopic (exact) mass is 547 g/mol. The normalized spacial score (nSPS) is 21.5. The Bertz CT molecular complexity index is 1780. The zero-order valence-corrected chi connectivity index (χ0v) is 22.5. The molecule has 0 N–H and O–H groups in total. The molecule has 1 aliphatic heterocycles. The van der Waals surface area contributed by atoms with Crippen molar-refractivity contribution in [1.29, 1.82) is 0 Å². The Morgan fingerprint density at radius 3 is 1.60 bits per heavy atom. The molecule has 5 nitrogen and oxygen atoms in total. The number of esters is 1. The van der Waals surface area contributed by atoms with Gasteiger partial charge in [0.25, 0.3) is 0 Å². The summed E-state index contributed by atoms with van der Waals surface area (Å²) in [6, 6.07) is 40.2. The van der Waals surface area contributed by atoms with E-state index in [2.05, 4.69) is 24.3 Å². The maximum absolute atomic E-state index is 14.1. The van der Waals surface area contributed by atoms with E-state index in [-0.39, 0.29) is 29.2 Å². The van der Waals surface area contributed by atoms with Crippen LogP contribution >= 0.6 is 0 Å². The average Bonchev–Trinajstić information content (AvgIpc) is 3.31. The summed E-state index contributed by atoms with van der Waals surface area (Å²) in [5, 5.41) is 0. The molecule has 2 bridgehead atoms. The second kappa shape index (κ2) is 9.38. The lowest BCUT2D eigenvalue weighted by molar-refractivity contribution is -0.122. The molecule has 1 heterocycles. The van der Waals surface area contributed by atoms with Gasteiger partial charge in [0.1, 0.15) is 5.75 Å². The van der Waals surface area contributed by atoms with Crippen LogP contribution in [-0.2, 0) is 9.59 Å². The number of carbonyl (C=O) groups excluding carboxylic acids is 3. The van der Waals surface area contributed by atoms with Crippen molar-refractivity contribution in [2.45, 2.75) is 11.8 Å². The molecule has 5 heteroatoms. The van der Waals surface area contributed by atoms with E-state index in [1.165, 1.54) is 4.90 Å². The SMILES string of the molecule is O=C(Oc1ccc(-c2ccccc2)cc1)c1cccc(N2C(=O)[C@@H]3C4c5ccccc5C(c5ccccc54)[C@H]3C2=O)c1. The predicted molar refractivity (Wildman–Crippen MR) is 159 cm³/mol. The molecule has 1 fully saturated rings. The molecule has 202 valence electrons. The number of hydrogen-bond donors (Lipinski definition) is 0. The molecule has 42 heavy (non-hydrogen) atoms. The van der Waals surface area contributed by atoms with Gasteiger partial charge in [-0.1, -0.05) is 97.1 Å². The summed E-state index contributed by atoms with van der Waals surface area (Å²) >= 11 is 0. The molecule has 3 aliphatic carbocycles. The fourth-order valence-corrected chi connectivity index (χ4v) is 7.22. The number of amides is 2. The number of ether oxygens (including phenoxy) is 1. The van der Waals surface area contributed by atoms with Crippen LogP contribution in [0.5, 0.6) is 5.75 Å². The molecule has 2 atom stereocenters. The van der Waals surface area contributed by atoms with Crippen LogP contribution in [0.2, 0.25) is 0 Å². The Labute approximate surface area is 243 Å². The third kappa shape index (κ3) is 3.60. The Morgan fingerprint density at radius 2 is 1.05 bits per heavy atom. The second-order valence-corrected chi connectivity index (χ2v) is 11.1. The quantitative estimate of drug-likeness (QED) is 0.139. The minimum Gasteiger partial charge on any atom is -0.423 e. The zero-order valence-electron chi connectivity index (χ0n) is 22.5. The highest BCUT2D eigenvalue weighted by Crippen LogP contribution is 2.61. The van der Waals surface area contributed by atoms with E-state index in [9.17, 15) is 14.4 Å². The van der Waals surface area contributed by atoms with Crippen molar-refractivity contribution in [1.82, 2.24) is 0 Å². The van der Waals surface area contributed by atoms with E-state index >= 15 is 0 Å². The first-order chi connectivity index (χ1) is 20.6. The summed E-state index contributed by atoms with van der Waals surface area (Å²) in [5.41, 5.74) is 7.25.